The van der Waals surface area contributed by atoms with E-state index in [1.807, 2.05) is 45.0 Å². The van der Waals surface area contributed by atoms with Crippen LogP contribution in [-0.4, -0.2) is 18.2 Å². The highest BCUT2D eigenvalue weighted by Crippen LogP contribution is 2.25. The zero-order valence-electron chi connectivity index (χ0n) is 13.2. The van der Waals surface area contributed by atoms with Crippen molar-refractivity contribution in [3.05, 3.63) is 29.8 Å². The minimum Gasteiger partial charge on any atom is -0.444 e. The summed E-state index contributed by atoms with van der Waals surface area (Å²) < 4.78 is 5.22. The van der Waals surface area contributed by atoms with Crippen LogP contribution < -0.4 is 10.6 Å². The molecule has 21 heavy (non-hydrogen) atoms. The van der Waals surface area contributed by atoms with Crippen molar-refractivity contribution in [2.45, 2.75) is 52.2 Å². The molecule has 1 saturated carbocycles. The minimum absolute atomic E-state index is 0.418. The fourth-order valence-corrected chi connectivity index (χ4v) is 2.24. The molecule has 2 rings (SSSR count). The van der Waals surface area contributed by atoms with Crippen molar-refractivity contribution in [1.82, 2.24) is 5.32 Å². The van der Waals surface area contributed by atoms with Crippen LogP contribution in [0.1, 0.15) is 45.6 Å². The summed E-state index contributed by atoms with van der Waals surface area (Å²) in [7, 11) is 0. The van der Waals surface area contributed by atoms with Gasteiger partial charge in [0.05, 0.1) is 0 Å². The third-order valence-corrected chi connectivity index (χ3v) is 3.59. The first kappa shape index (κ1) is 15.8. The summed E-state index contributed by atoms with van der Waals surface area (Å²) in [5.74, 6) is 0.873. The van der Waals surface area contributed by atoms with E-state index in [0.29, 0.717) is 0 Å². The highest BCUT2D eigenvalue weighted by Gasteiger charge is 2.17. The van der Waals surface area contributed by atoms with Crippen LogP contribution in [0.5, 0.6) is 0 Å². The fraction of sp³-hybridized carbons (Fsp3) is 0.588. The van der Waals surface area contributed by atoms with Gasteiger partial charge in [0.1, 0.15) is 5.60 Å². The zero-order chi connectivity index (χ0) is 15.3. The van der Waals surface area contributed by atoms with Gasteiger partial charge in [-0.05, 0) is 63.8 Å². The number of hydrogen-bond donors (Lipinski definition) is 2. The molecule has 1 fully saturated rings. The van der Waals surface area contributed by atoms with Gasteiger partial charge in [-0.2, -0.15) is 0 Å². The maximum atomic E-state index is 11.7. The average Bonchev–Trinajstić information content (AvgIpc) is 2.32. The molecule has 1 aliphatic rings. The van der Waals surface area contributed by atoms with Crippen molar-refractivity contribution >= 4 is 11.8 Å². The van der Waals surface area contributed by atoms with Gasteiger partial charge in [-0.1, -0.05) is 18.6 Å². The Bertz CT molecular complexity index is 459. The first-order valence-electron chi connectivity index (χ1n) is 7.72. The Kier molecular flexibility index (Phi) is 5.23. The molecule has 4 heteroatoms. The lowest BCUT2D eigenvalue weighted by atomic mass is 9.85. The van der Waals surface area contributed by atoms with E-state index in [-0.39, 0.29) is 0 Å². The second-order valence-electron chi connectivity index (χ2n) is 6.75. The first-order chi connectivity index (χ1) is 9.92. The Hall–Kier alpha value is -1.55. The molecular formula is C17H26N2O2. The van der Waals surface area contributed by atoms with Crippen LogP contribution in [0.3, 0.4) is 0 Å². The molecule has 1 aromatic carbocycles. The molecule has 2 N–H and O–H groups in total. The first-order valence-corrected chi connectivity index (χ1v) is 7.72. The molecule has 0 atom stereocenters. The predicted octanol–water partition coefficient (Wildman–Crippen LogP) is 3.92. The van der Waals surface area contributed by atoms with Gasteiger partial charge >= 0.3 is 6.09 Å². The second kappa shape index (κ2) is 6.94. The SMILES string of the molecule is CC(C)(C)OC(=O)Nc1ccc(CNCC2CCC2)cc1. The van der Waals surface area contributed by atoms with Gasteiger partial charge in [-0.25, -0.2) is 4.79 Å². The molecule has 1 aromatic rings. The number of carbonyl (C=O) groups excluding carboxylic acids is 1. The van der Waals surface area contributed by atoms with Crippen LogP contribution in [0.4, 0.5) is 10.5 Å². The third-order valence-electron chi connectivity index (χ3n) is 3.59. The quantitative estimate of drug-likeness (QED) is 0.864. The summed E-state index contributed by atoms with van der Waals surface area (Å²) in [5, 5.41) is 6.22. The number of rotatable bonds is 5. The van der Waals surface area contributed by atoms with E-state index in [9.17, 15) is 4.79 Å². The lowest BCUT2D eigenvalue weighted by molar-refractivity contribution is 0.0636. The maximum absolute atomic E-state index is 11.7. The topological polar surface area (TPSA) is 50.4 Å². The number of anilines is 1. The van der Waals surface area contributed by atoms with E-state index < -0.39 is 11.7 Å². The minimum atomic E-state index is -0.477. The summed E-state index contributed by atoms with van der Waals surface area (Å²) in [6.45, 7) is 7.54. The molecule has 0 unspecified atom stereocenters. The third kappa shape index (κ3) is 5.76. The van der Waals surface area contributed by atoms with E-state index in [1.54, 1.807) is 0 Å². The summed E-state index contributed by atoms with van der Waals surface area (Å²) in [6, 6.07) is 7.87. The molecule has 1 amide bonds. The largest absolute Gasteiger partial charge is 0.444 e. The van der Waals surface area contributed by atoms with Crippen molar-refractivity contribution in [2.75, 3.05) is 11.9 Å². The lowest BCUT2D eigenvalue weighted by Crippen LogP contribution is -2.27. The lowest BCUT2D eigenvalue weighted by Gasteiger charge is -2.25. The van der Waals surface area contributed by atoms with Crippen LogP contribution in [0.15, 0.2) is 24.3 Å². The number of amides is 1. The van der Waals surface area contributed by atoms with Crippen LogP contribution in [0.25, 0.3) is 0 Å². The van der Waals surface area contributed by atoms with Gasteiger partial charge in [0, 0.05) is 12.2 Å². The predicted molar refractivity (Wildman–Crippen MR) is 85.3 cm³/mol. The standard InChI is InChI=1S/C17H26N2O2/c1-17(2,3)21-16(20)19-15-9-7-14(8-10-15)12-18-11-13-5-4-6-13/h7-10,13,18H,4-6,11-12H2,1-3H3,(H,19,20). The van der Waals surface area contributed by atoms with Crippen molar-refractivity contribution in [3.63, 3.8) is 0 Å². The zero-order valence-corrected chi connectivity index (χ0v) is 13.2. The maximum Gasteiger partial charge on any atom is 0.412 e. The molecular weight excluding hydrogens is 264 g/mol. The van der Waals surface area contributed by atoms with Crippen molar-refractivity contribution in [3.8, 4) is 0 Å². The van der Waals surface area contributed by atoms with E-state index >= 15 is 0 Å². The highest BCUT2D eigenvalue weighted by atomic mass is 16.6. The van der Waals surface area contributed by atoms with Gasteiger partial charge in [-0.15, -0.1) is 0 Å². The van der Waals surface area contributed by atoms with Crippen LogP contribution >= 0.6 is 0 Å². The van der Waals surface area contributed by atoms with Crippen molar-refractivity contribution in [1.29, 1.82) is 0 Å². The molecule has 0 saturated heterocycles. The van der Waals surface area contributed by atoms with E-state index in [2.05, 4.69) is 10.6 Å². The molecule has 1 aliphatic carbocycles. The monoisotopic (exact) mass is 290 g/mol. The van der Waals surface area contributed by atoms with Gasteiger partial charge in [0.2, 0.25) is 0 Å². The van der Waals surface area contributed by atoms with Crippen molar-refractivity contribution in [2.24, 2.45) is 5.92 Å². The van der Waals surface area contributed by atoms with Gasteiger partial charge in [0.25, 0.3) is 0 Å². The Labute approximate surface area is 127 Å². The van der Waals surface area contributed by atoms with Crippen LogP contribution in [0, 0.1) is 5.92 Å². The molecule has 0 heterocycles. The normalized spacial score (nSPS) is 15.4. The van der Waals surface area contributed by atoms with Gasteiger partial charge in [0.15, 0.2) is 0 Å². The summed E-state index contributed by atoms with van der Waals surface area (Å²) in [6.07, 6.45) is 3.70. The molecule has 0 spiro atoms. The Morgan fingerprint density at radius 1 is 1.24 bits per heavy atom. The summed E-state index contributed by atoms with van der Waals surface area (Å²) >= 11 is 0. The number of nitrogens with one attached hydrogen (secondary N) is 2. The fourth-order valence-electron chi connectivity index (χ4n) is 2.24. The Balaban J connectivity index is 1.74. The second-order valence-corrected chi connectivity index (χ2v) is 6.75. The van der Waals surface area contributed by atoms with E-state index in [4.69, 9.17) is 4.74 Å². The smallest absolute Gasteiger partial charge is 0.412 e. The van der Waals surface area contributed by atoms with Gasteiger partial charge < -0.3 is 10.1 Å². The molecule has 4 nitrogen and oxygen atoms in total. The number of hydrogen-bond acceptors (Lipinski definition) is 3. The number of carbonyl (C=O) groups is 1. The van der Waals surface area contributed by atoms with Crippen LogP contribution in [0.2, 0.25) is 0 Å². The van der Waals surface area contributed by atoms with Crippen LogP contribution in [-0.2, 0) is 11.3 Å². The summed E-state index contributed by atoms with van der Waals surface area (Å²) in [5.41, 5.74) is 1.51. The van der Waals surface area contributed by atoms with Crippen molar-refractivity contribution < 1.29 is 9.53 Å². The molecule has 0 aliphatic heterocycles. The molecule has 0 bridgehead atoms. The summed E-state index contributed by atoms with van der Waals surface area (Å²) in [4.78, 5) is 11.7. The number of ether oxygens (including phenoxy) is 1. The molecule has 0 aromatic heterocycles. The Morgan fingerprint density at radius 3 is 2.43 bits per heavy atom. The van der Waals surface area contributed by atoms with Gasteiger partial charge in [-0.3, -0.25) is 5.32 Å². The molecule has 0 radical (unpaired) electrons. The molecule has 116 valence electrons. The highest BCUT2D eigenvalue weighted by molar-refractivity contribution is 5.84. The number of benzene rings is 1. The average molecular weight is 290 g/mol. The Morgan fingerprint density at radius 2 is 1.90 bits per heavy atom. The van der Waals surface area contributed by atoms with E-state index in [1.165, 1.54) is 24.8 Å². The van der Waals surface area contributed by atoms with E-state index in [0.717, 1.165) is 24.7 Å².